The van der Waals surface area contributed by atoms with Gasteiger partial charge in [0, 0.05) is 11.9 Å². The summed E-state index contributed by atoms with van der Waals surface area (Å²) in [7, 11) is 0. The number of aromatic nitrogens is 2. The SMILES string of the molecule is CCOC(=O)c1c(C)nc(-c2coc3c4ccccc4n(Cc4ccccc4)c3c2=O)c(C(=O)OCC)c1C. The predicted molar refractivity (Wildman–Crippen MR) is 148 cm³/mol. The Labute approximate surface area is 224 Å². The first kappa shape index (κ1) is 25.9. The summed E-state index contributed by atoms with van der Waals surface area (Å²) >= 11 is 0. The lowest BCUT2D eigenvalue weighted by Crippen LogP contribution is -2.20. The molecular weight excluding hydrogens is 496 g/mol. The zero-order valence-corrected chi connectivity index (χ0v) is 22.2. The molecule has 8 nitrogen and oxygen atoms in total. The lowest BCUT2D eigenvalue weighted by molar-refractivity contribution is 0.0522. The number of fused-ring (bicyclic) bond motifs is 3. The summed E-state index contributed by atoms with van der Waals surface area (Å²) in [6.45, 7) is 7.37. The van der Waals surface area contributed by atoms with Crippen molar-refractivity contribution in [2.45, 2.75) is 34.2 Å². The summed E-state index contributed by atoms with van der Waals surface area (Å²) in [6.07, 6.45) is 1.33. The molecule has 8 heteroatoms. The minimum Gasteiger partial charge on any atom is -0.462 e. The molecule has 2 aromatic carbocycles. The zero-order valence-electron chi connectivity index (χ0n) is 22.2. The molecule has 3 heterocycles. The maximum atomic E-state index is 14.2. The molecule has 198 valence electrons. The third-order valence-corrected chi connectivity index (χ3v) is 6.70. The normalized spacial score (nSPS) is 11.2. The summed E-state index contributed by atoms with van der Waals surface area (Å²) in [4.78, 5) is 44.7. The molecule has 39 heavy (non-hydrogen) atoms. The van der Waals surface area contributed by atoms with Gasteiger partial charge in [-0.05, 0) is 51.0 Å². The van der Waals surface area contributed by atoms with Crippen LogP contribution in [-0.2, 0) is 16.0 Å². The molecule has 0 N–H and O–H groups in total. The molecule has 0 saturated heterocycles. The van der Waals surface area contributed by atoms with E-state index in [1.165, 1.54) is 6.26 Å². The van der Waals surface area contributed by atoms with E-state index in [1.54, 1.807) is 27.7 Å². The van der Waals surface area contributed by atoms with Gasteiger partial charge in [0.05, 0.1) is 46.8 Å². The molecule has 0 aliphatic rings. The van der Waals surface area contributed by atoms with Crippen molar-refractivity contribution in [3.63, 3.8) is 0 Å². The molecule has 0 radical (unpaired) electrons. The first-order chi connectivity index (χ1) is 18.9. The van der Waals surface area contributed by atoms with E-state index in [-0.39, 0.29) is 41.0 Å². The topological polar surface area (TPSA) is 101 Å². The predicted octanol–water partition coefficient (Wildman–Crippen LogP) is 5.83. The summed E-state index contributed by atoms with van der Waals surface area (Å²) in [5.41, 5.74) is 3.39. The fourth-order valence-corrected chi connectivity index (χ4v) is 5.01. The van der Waals surface area contributed by atoms with E-state index in [9.17, 15) is 14.4 Å². The van der Waals surface area contributed by atoms with E-state index < -0.39 is 11.9 Å². The summed E-state index contributed by atoms with van der Waals surface area (Å²) in [6, 6.07) is 17.5. The maximum Gasteiger partial charge on any atom is 0.340 e. The van der Waals surface area contributed by atoms with Gasteiger partial charge in [-0.1, -0.05) is 42.5 Å². The van der Waals surface area contributed by atoms with Crippen LogP contribution in [-0.4, -0.2) is 34.7 Å². The molecule has 5 rings (SSSR count). The van der Waals surface area contributed by atoms with Crippen LogP contribution in [0.1, 0.15) is 51.4 Å². The van der Waals surface area contributed by atoms with Gasteiger partial charge in [0.2, 0.25) is 5.43 Å². The van der Waals surface area contributed by atoms with Gasteiger partial charge in [-0.15, -0.1) is 0 Å². The van der Waals surface area contributed by atoms with Crippen molar-refractivity contribution in [3.8, 4) is 11.3 Å². The van der Waals surface area contributed by atoms with E-state index >= 15 is 0 Å². The molecule has 5 aromatic rings. The van der Waals surface area contributed by atoms with Gasteiger partial charge in [-0.25, -0.2) is 9.59 Å². The van der Waals surface area contributed by atoms with Crippen molar-refractivity contribution in [2.24, 2.45) is 0 Å². The van der Waals surface area contributed by atoms with Crippen LogP contribution in [0.2, 0.25) is 0 Å². The van der Waals surface area contributed by atoms with Crippen LogP contribution in [0.3, 0.4) is 0 Å². The third kappa shape index (κ3) is 4.48. The van der Waals surface area contributed by atoms with Gasteiger partial charge < -0.3 is 18.5 Å². The lowest BCUT2D eigenvalue weighted by atomic mass is 9.96. The van der Waals surface area contributed by atoms with E-state index in [4.69, 9.17) is 13.9 Å². The molecule has 0 atom stereocenters. The van der Waals surface area contributed by atoms with E-state index in [0.29, 0.717) is 28.9 Å². The Morgan fingerprint density at radius 3 is 2.23 bits per heavy atom. The molecule has 3 aromatic heterocycles. The summed E-state index contributed by atoms with van der Waals surface area (Å²) in [5, 5.41) is 0.802. The molecule has 0 fully saturated rings. The molecule has 0 saturated carbocycles. The van der Waals surface area contributed by atoms with Gasteiger partial charge in [-0.3, -0.25) is 9.78 Å². The zero-order chi connectivity index (χ0) is 27.7. The van der Waals surface area contributed by atoms with Crippen LogP contribution in [0.4, 0.5) is 0 Å². The maximum absolute atomic E-state index is 14.2. The van der Waals surface area contributed by atoms with Crippen molar-refractivity contribution in [3.05, 3.63) is 99.0 Å². The van der Waals surface area contributed by atoms with Crippen molar-refractivity contribution in [2.75, 3.05) is 13.2 Å². The number of carbonyl (C=O) groups excluding carboxylic acids is 2. The molecule has 0 aliphatic heterocycles. The molecule has 0 spiro atoms. The van der Waals surface area contributed by atoms with Crippen LogP contribution in [0.5, 0.6) is 0 Å². The first-order valence-electron chi connectivity index (χ1n) is 12.8. The van der Waals surface area contributed by atoms with Crippen LogP contribution < -0.4 is 5.43 Å². The Kier molecular flexibility index (Phi) is 7.02. The van der Waals surface area contributed by atoms with Crippen molar-refractivity contribution in [1.82, 2.24) is 9.55 Å². The Morgan fingerprint density at radius 2 is 1.54 bits per heavy atom. The highest BCUT2D eigenvalue weighted by Gasteiger charge is 2.29. The number of rotatable bonds is 7. The van der Waals surface area contributed by atoms with E-state index in [1.807, 2.05) is 59.2 Å². The molecule has 0 amide bonds. The highest BCUT2D eigenvalue weighted by atomic mass is 16.5. The summed E-state index contributed by atoms with van der Waals surface area (Å²) < 4.78 is 18.5. The third-order valence-electron chi connectivity index (χ3n) is 6.70. The number of carbonyl (C=O) groups is 2. The average molecular weight is 525 g/mol. The number of para-hydroxylation sites is 1. The fraction of sp³-hybridized carbons (Fsp3) is 0.226. The van der Waals surface area contributed by atoms with Gasteiger partial charge in [0.25, 0.3) is 0 Å². The van der Waals surface area contributed by atoms with Crippen molar-refractivity contribution in [1.29, 1.82) is 0 Å². The second kappa shape index (κ2) is 10.6. The standard InChI is InChI=1S/C31H28N2O6/c1-5-37-30(35)24-18(3)25(31(36)38-6-2)26(32-19(24)4)22-17-39-29-21-14-10-11-15-23(21)33(27(29)28(22)34)16-20-12-8-7-9-13-20/h7-15,17H,5-6,16H2,1-4H3. The number of hydrogen-bond donors (Lipinski definition) is 0. The fourth-order valence-electron chi connectivity index (χ4n) is 5.01. The lowest BCUT2D eigenvalue weighted by Gasteiger charge is -2.16. The molecule has 0 aliphatic carbocycles. The Hall–Kier alpha value is -4.72. The minimum absolute atomic E-state index is 0.0304. The minimum atomic E-state index is -0.688. The number of aryl methyl sites for hydroxylation is 1. The Bertz CT molecular complexity index is 1780. The monoisotopic (exact) mass is 524 g/mol. The molecular formula is C31H28N2O6. The second-order valence-electron chi connectivity index (χ2n) is 9.11. The van der Waals surface area contributed by atoms with Crippen molar-refractivity contribution >= 4 is 33.9 Å². The second-order valence-corrected chi connectivity index (χ2v) is 9.11. The number of esters is 2. The first-order valence-corrected chi connectivity index (χ1v) is 12.8. The average Bonchev–Trinajstić information content (AvgIpc) is 3.23. The molecule has 0 bridgehead atoms. The Balaban J connectivity index is 1.82. The number of nitrogens with zero attached hydrogens (tertiary/aromatic N) is 2. The molecule has 0 unspecified atom stereocenters. The van der Waals surface area contributed by atoms with Gasteiger partial charge >= 0.3 is 11.9 Å². The number of benzene rings is 2. The van der Waals surface area contributed by atoms with Crippen LogP contribution in [0, 0.1) is 13.8 Å². The van der Waals surface area contributed by atoms with Crippen LogP contribution >= 0.6 is 0 Å². The van der Waals surface area contributed by atoms with Crippen molar-refractivity contribution < 1.29 is 23.5 Å². The quantitative estimate of drug-likeness (QED) is 0.247. The number of ether oxygens (including phenoxy) is 2. The largest absolute Gasteiger partial charge is 0.462 e. The highest BCUT2D eigenvalue weighted by molar-refractivity contribution is 6.06. The number of hydrogen-bond acceptors (Lipinski definition) is 7. The Morgan fingerprint density at radius 1 is 0.897 bits per heavy atom. The highest BCUT2D eigenvalue weighted by Crippen LogP contribution is 2.32. The van der Waals surface area contributed by atoms with Crippen LogP contribution in [0.15, 0.2) is 70.1 Å². The van der Waals surface area contributed by atoms with Gasteiger partial charge in [-0.2, -0.15) is 0 Å². The smallest absolute Gasteiger partial charge is 0.340 e. The van der Waals surface area contributed by atoms with E-state index in [2.05, 4.69) is 4.98 Å². The van der Waals surface area contributed by atoms with Gasteiger partial charge in [0.1, 0.15) is 11.8 Å². The van der Waals surface area contributed by atoms with E-state index in [0.717, 1.165) is 16.5 Å². The number of pyridine rings is 1. The van der Waals surface area contributed by atoms with Gasteiger partial charge in [0.15, 0.2) is 5.58 Å². The summed E-state index contributed by atoms with van der Waals surface area (Å²) in [5.74, 6) is -1.28. The van der Waals surface area contributed by atoms with Crippen LogP contribution in [0.25, 0.3) is 33.3 Å².